The van der Waals surface area contributed by atoms with Crippen LogP contribution in [-0.4, -0.2) is 79.2 Å². The van der Waals surface area contributed by atoms with Gasteiger partial charge >= 0.3 is 0 Å². The summed E-state index contributed by atoms with van der Waals surface area (Å²) < 4.78 is 17.2. The third-order valence-corrected chi connectivity index (χ3v) is 7.77. The molecule has 1 N–H and O–H groups in total. The van der Waals surface area contributed by atoms with Crippen LogP contribution in [0.3, 0.4) is 0 Å². The van der Waals surface area contributed by atoms with Gasteiger partial charge in [-0.05, 0) is 67.1 Å². The molecule has 42 heavy (non-hydrogen) atoms. The van der Waals surface area contributed by atoms with E-state index in [1.165, 1.54) is 0 Å². The number of aryl methyl sites for hydroxylation is 1. The van der Waals surface area contributed by atoms with Crippen molar-refractivity contribution < 1.29 is 28.9 Å². The largest absolute Gasteiger partial charge is 0.507 e. The van der Waals surface area contributed by atoms with E-state index in [0.717, 1.165) is 55.8 Å². The van der Waals surface area contributed by atoms with E-state index in [-0.39, 0.29) is 11.3 Å². The maximum absolute atomic E-state index is 13.5. The number of aliphatic hydroxyl groups is 1. The smallest absolute Gasteiger partial charge is 0.295 e. The molecule has 2 aromatic carbocycles. The van der Waals surface area contributed by atoms with Gasteiger partial charge in [0, 0.05) is 31.7 Å². The fourth-order valence-electron chi connectivity index (χ4n) is 5.43. The number of nitrogens with zero attached hydrogens (tertiary/aromatic N) is 2. The molecule has 2 saturated heterocycles. The van der Waals surface area contributed by atoms with Crippen LogP contribution in [0.1, 0.15) is 69.2 Å². The third kappa shape index (κ3) is 7.92. The Morgan fingerprint density at radius 2 is 1.69 bits per heavy atom. The molecular weight excluding hydrogens is 532 g/mol. The lowest BCUT2D eigenvalue weighted by Gasteiger charge is -2.29. The quantitative estimate of drug-likeness (QED) is 0.132. The Morgan fingerprint density at radius 3 is 2.36 bits per heavy atom. The Labute approximate surface area is 250 Å². The second kappa shape index (κ2) is 15.2. The molecule has 0 spiro atoms. The summed E-state index contributed by atoms with van der Waals surface area (Å²) in [6, 6.07) is 12.3. The summed E-state index contributed by atoms with van der Waals surface area (Å²) in [7, 11) is 0. The van der Waals surface area contributed by atoms with Crippen LogP contribution < -0.4 is 9.47 Å². The van der Waals surface area contributed by atoms with E-state index in [4.69, 9.17) is 14.2 Å². The maximum Gasteiger partial charge on any atom is 0.295 e. The molecule has 1 atom stereocenters. The minimum absolute atomic E-state index is 0.113. The minimum Gasteiger partial charge on any atom is -0.507 e. The first kappa shape index (κ1) is 31.6. The molecule has 0 radical (unpaired) electrons. The minimum atomic E-state index is -0.694. The molecule has 2 heterocycles. The Hall–Kier alpha value is -3.36. The van der Waals surface area contributed by atoms with Gasteiger partial charge in [-0.1, -0.05) is 45.7 Å². The van der Waals surface area contributed by atoms with Crippen molar-refractivity contribution in [1.29, 1.82) is 0 Å². The Morgan fingerprint density at radius 1 is 0.976 bits per heavy atom. The highest BCUT2D eigenvalue weighted by Crippen LogP contribution is 2.40. The zero-order chi connectivity index (χ0) is 30.1. The van der Waals surface area contributed by atoms with Gasteiger partial charge in [-0.3, -0.25) is 14.5 Å². The Kier molecular flexibility index (Phi) is 11.4. The van der Waals surface area contributed by atoms with Gasteiger partial charge in [-0.15, -0.1) is 0 Å². The number of ether oxygens (including phenoxy) is 3. The van der Waals surface area contributed by atoms with Crippen LogP contribution in [0.25, 0.3) is 5.76 Å². The number of aliphatic hydroxyl groups excluding tert-OH is 1. The van der Waals surface area contributed by atoms with E-state index >= 15 is 0 Å². The molecule has 8 heteroatoms. The van der Waals surface area contributed by atoms with Crippen LogP contribution in [0.4, 0.5) is 0 Å². The summed E-state index contributed by atoms with van der Waals surface area (Å²) in [6.45, 7) is 13.8. The van der Waals surface area contributed by atoms with Gasteiger partial charge in [0.2, 0.25) is 0 Å². The van der Waals surface area contributed by atoms with Crippen LogP contribution in [0, 0.1) is 12.8 Å². The SMILES string of the molecule is CCCCCOc1ccc(C2C(=C(O)c3ccc(OCC(C)C)cc3C)C(=O)C(=O)N2CCCN2CCOCC2)cc1. The van der Waals surface area contributed by atoms with Gasteiger partial charge in [-0.2, -0.15) is 0 Å². The van der Waals surface area contributed by atoms with Crippen molar-refractivity contribution in [1.82, 2.24) is 9.80 Å². The van der Waals surface area contributed by atoms with Crippen LogP contribution in [-0.2, 0) is 14.3 Å². The second-order valence-corrected chi connectivity index (χ2v) is 11.6. The number of unbranched alkanes of at least 4 members (excludes halogenated alkanes) is 2. The van der Waals surface area contributed by atoms with Crippen LogP contribution in [0.15, 0.2) is 48.0 Å². The van der Waals surface area contributed by atoms with Crippen molar-refractivity contribution in [2.45, 2.75) is 59.4 Å². The average Bonchev–Trinajstić information content (AvgIpc) is 3.24. The zero-order valence-corrected chi connectivity index (χ0v) is 25.6. The van der Waals surface area contributed by atoms with Crippen LogP contribution in [0.2, 0.25) is 0 Å². The van der Waals surface area contributed by atoms with Crippen LogP contribution >= 0.6 is 0 Å². The molecule has 228 valence electrons. The molecule has 1 amide bonds. The first-order valence-corrected chi connectivity index (χ1v) is 15.3. The molecule has 0 bridgehead atoms. The fourth-order valence-corrected chi connectivity index (χ4v) is 5.43. The number of amides is 1. The van der Waals surface area contributed by atoms with Crippen molar-refractivity contribution in [2.24, 2.45) is 5.92 Å². The molecule has 2 aliphatic heterocycles. The van der Waals surface area contributed by atoms with E-state index in [0.29, 0.717) is 56.6 Å². The lowest BCUT2D eigenvalue weighted by molar-refractivity contribution is -0.140. The number of rotatable bonds is 14. The summed E-state index contributed by atoms with van der Waals surface area (Å²) in [5, 5.41) is 11.6. The predicted octanol–water partition coefficient (Wildman–Crippen LogP) is 5.74. The zero-order valence-electron chi connectivity index (χ0n) is 25.6. The lowest BCUT2D eigenvalue weighted by Crippen LogP contribution is -2.38. The van der Waals surface area contributed by atoms with Gasteiger partial charge in [-0.25, -0.2) is 0 Å². The molecule has 2 fully saturated rings. The van der Waals surface area contributed by atoms with Gasteiger partial charge in [0.1, 0.15) is 17.3 Å². The monoisotopic (exact) mass is 578 g/mol. The molecule has 0 aromatic heterocycles. The third-order valence-electron chi connectivity index (χ3n) is 7.77. The Bertz CT molecular complexity index is 1230. The van der Waals surface area contributed by atoms with E-state index in [9.17, 15) is 14.7 Å². The van der Waals surface area contributed by atoms with Gasteiger partial charge in [0.15, 0.2) is 0 Å². The summed E-state index contributed by atoms with van der Waals surface area (Å²) in [5.41, 5.74) is 2.15. The number of morpholine rings is 1. The molecule has 4 rings (SSSR count). The number of benzene rings is 2. The maximum atomic E-state index is 13.5. The van der Waals surface area contributed by atoms with E-state index < -0.39 is 17.7 Å². The van der Waals surface area contributed by atoms with Crippen molar-refractivity contribution >= 4 is 17.4 Å². The molecule has 1 unspecified atom stereocenters. The molecular formula is C34H46N2O6. The first-order valence-electron chi connectivity index (χ1n) is 15.3. The fraction of sp³-hybridized carbons (Fsp3) is 0.529. The number of likely N-dealkylation sites (tertiary alicyclic amines) is 1. The normalized spacial score (nSPS) is 19.1. The van der Waals surface area contributed by atoms with Crippen molar-refractivity contribution in [2.75, 3.05) is 52.6 Å². The Balaban J connectivity index is 1.63. The standard InChI is InChI=1S/C34H46N2O6/c1-5-6-7-19-41-27-11-9-26(10-12-27)31-30(32(37)29-14-13-28(22-25(29)4)42-23-24(2)3)33(38)34(39)36(31)16-8-15-35-17-20-40-21-18-35/h9-14,22,24,31,37H,5-8,15-21,23H2,1-4H3. The van der Waals surface area contributed by atoms with Crippen molar-refractivity contribution in [3.63, 3.8) is 0 Å². The summed E-state index contributed by atoms with van der Waals surface area (Å²) >= 11 is 0. The van der Waals surface area contributed by atoms with Gasteiger partial charge < -0.3 is 24.2 Å². The highest BCUT2D eigenvalue weighted by atomic mass is 16.5. The molecule has 0 saturated carbocycles. The summed E-state index contributed by atoms with van der Waals surface area (Å²) in [4.78, 5) is 30.9. The number of hydrogen-bond donors (Lipinski definition) is 1. The van der Waals surface area contributed by atoms with Crippen LogP contribution in [0.5, 0.6) is 11.5 Å². The van der Waals surface area contributed by atoms with Crippen molar-refractivity contribution in [3.8, 4) is 11.5 Å². The topological polar surface area (TPSA) is 88.5 Å². The first-order chi connectivity index (χ1) is 20.3. The highest BCUT2D eigenvalue weighted by molar-refractivity contribution is 6.46. The summed E-state index contributed by atoms with van der Waals surface area (Å²) in [6.07, 6.45) is 3.94. The molecule has 0 aliphatic carbocycles. The number of carbonyl (C=O) groups is 2. The van der Waals surface area contributed by atoms with Gasteiger partial charge in [0.25, 0.3) is 11.7 Å². The molecule has 2 aliphatic rings. The lowest BCUT2D eigenvalue weighted by atomic mass is 9.93. The number of hydrogen-bond acceptors (Lipinski definition) is 7. The highest BCUT2D eigenvalue weighted by Gasteiger charge is 2.46. The van der Waals surface area contributed by atoms with E-state index in [2.05, 4.69) is 25.7 Å². The van der Waals surface area contributed by atoms with Gasteiger partial charge in [0.05, 0.1) is 38.0 Å². The van der Waals surface area contributed by atoms with E-state index in [1.807, 2.05) is 37.3 Å². The number of Topliss-reactive ketones (excluding diaryl/α,β-unsaturated/α-hetero) is 1. The predicted molar refractivity (Wildman–Crippen MR) is 164 cm³/mol. The van der Waals surface area contributed by atoms with E-state index in [1.54, 1.807) is 17.0 Å². The second-order valence-electron chi connectivity index (χ2n) is 11.6. The summed E-state index contributed by atoms with van der Waals surface area (Å²) in [5.74, 6) is 0.410. The number of ketones is 1. The number of carbonyl (C=O) groups excluding carboxylic acids is 2. The molecule has 8 nitrogen and oxygen atoms in total. The average molecular weight is 579 g/mol. The molecule has 2 aromatic rings. The van der Waals surface area contributed by atoms with Crippen molar-refractivity contribution in [3.05, 3.63) is 64.7 Å².